The maximum absolute atomic E-state index is 11.9. The van der Waals surface area contributed by atoms with Gasteiger partial charge in [0.1, 0.15) is 0 Å². The number of hydrogen-bond donors (Lipinski definition) is 1. The van der Waals surface area contributed by atoms with E-state index in [0.29, 0.717) is 10.6 Å². The maximum atomic E-state index is 11.9. The number of carbonyl (C=O) groups is 1. The summed E-state index contributed by atoms with van der Waals surface area (Å²) in [5.41, 5.74) is 5.63. The van der Waals surface area contributed by atoms with Crippen molar-refractivity contribution in [1.29, 1.82) is 0 Å². The summed E-state index contributed by atoms with van der Waals surface area (Å²) in [6.45, 7) is 3.84. The van der Waals surface area contributed by atoms with Crippen molar-refractivity contribution in [2.45, 2.75) is 13.8 Å². The molecule has 0 saturated carbocycles. The Kier molecular flexibility index (Phi) is 4.20. The molecule has 3 rings (SSSR count). The average Bonchev–Trinajstić information content (AvgIpc) is 2.80. The van der Waals surface area contributed by atoms with Crippen LogP contribution in [0.15, 0.2) is 48.5 Å². The van der Waals surface area contributed by atoms with Gasteiger partial charge in [-0.2, -0.15) is 0 Å². The van der Waals surface area contributed by atoms with Gasteiger partial charge in [0.05, 0.1) is 11.3 Å². The van der Waals surface area contributed by atoms with Crippen molar-refractivity contribution in [3.8, 4) is 22.4 Å². The van der Waals surface area contributed by atoms with Crippen LogP contribution in [0.1, 0.15) is 21.6 Å². The monoisotopic (exact) mass is 339 g/mol. The van der Waals surface area contributed by atoms with Gasteiger partial charge < -0.3 is 9.67 Å². The van der Waals surface area contributed by atoms with Crippen LogP contribution in [0.3, 0.4) is 0 Å². The van der Waals surface area contributed by atoms with Gasteiger partial charge in [0, 0.05) is 23.3 Å². The van der Waals surface area contributed by atoms with Crippen LogP contribution in [-0.4, -0.2) is 15.6 Å². The number of rotatable bonds is 3. The fourth-order valence-electron chi connectivity index (χ4n) is 3.09. The second-order valence-corrected chi connectivity index (χ2v) is 6.36. The highest BCUT2D eigenvalue weighted by atomic mass is 35.5. The topological polar surface area (TPSA) is 42.2 Å². The molecule has 0 unspecified atom stereocenters. The first-order valence-corrected chi connectivity index (χ1v) is 8.03. The molecule has 0 amide bonds. The average molecular weight is 340 g/mol. The quantitative estimate of drug-likeness (QED) is 0.701. The summed E-state index contributed by atoms with van der Waals surface area (Å²) >= 11 is 6.00. The summed E-state index contributed by atoms with van der Waals surface area (Å²) in [5.74, 6) is -0.917. The van der Waals surface area contributed by atoms with Crippen LogP contribution in [0.25, 0.3) is 22.4 Å². The van der Waals surface area contributed by atoms with Gasteiger partial charge in [0.25, 0.3) is 0 Å². The second kappa shape index (κ2) is 6.17. The number of carboxylic acid groups (broad SMARTS) is 1. The van der Waals surface area contributed by atoms with E-state index >= 15 is 0 Å². The fourth-order valence-corrected chi connectivity index (χ4v) is 3.22. The third kappa shape index (κ3) is 2.72. The Balaban J connectivity index is 2.38. The Hall–Kier alpha value is -2.52. The number of benzene rings is 2. The first-order chi connectivity index (χ1) is 11.4. The first-order valence-electron chi connectivity index (χ1n) is 7.65. The minimum atomic E-state index is -0.917. The number of halogens is 1. The Morgan fingerprint density at radius 3 is 2.29 bits per heavy atom. The Labute approximate surface area is 146 Å². The van der Waals surface area contributed by atoms with Crippen molar-refractivity contribution < 1.29 is 9.90 Å². The number of aromatic carboxylic acids is 1. The zero-order chi connectivity index (χ0) is 17.4. The van der Waals surface area contributed by atoms with Crippen molar-refractivity contribution >= 4 is 17.6 Å². The molecular weight excluding hydrogens is 322 g/mol. The van der Waals surface area contributed by atoms with Crippen LogP contribution >= 0.6 is 11.6 Å². The lowest BCUT2D eigenvalue weighted by Gasteiger charge is -2.10. The van der Waals surface area contributed by atoms with E-state index in [1.54, 1.807) is 0 Å². The summed E-state index contributed by atoms with van der Waals surface area (Å²) in [6.07, 6.45) is 0. The summed E-state index contributed by atoms with van der Waals surface area (Å²) in [7, 11) is 1.89. The van der Waals surface area contributed by atoms with Gasteiger partial charge in [0.2, 0.25) is 0 Å². The summed E-state index contributed by atoms with van der Waals surface area (Å²) < 4.78 is 1.93. The predicted molar refractivity (Wildman–Crippen MR) is 97.7 cm³/mol. The predicted octanol–water partition coefficient (Wildman–Crippen LogP) is 5.33. The number of aryl methyl sites for hydroxylation is 1. The molecule has 0 aliphatic heterocycles. The minimum Gasteiger partial charge on any atom is -0.478 e. The van der Waals surface area contributed by atoms with Crippen molar-refractivity contribution in [2.24, 2.45) is 7.05 Å². The highest BCUT2D eigenvalue weighted by molar-refractivity contribution is 6.30. The van der Waals surface area contributed by atoms with Crippen LogP contribution in [0.2, 0.25) is 5.02 Å². The maximum Gasteiger partial charge on any atom is 0.338 e. The van der Waals surface area contributed by atoms with Crippen molar-refractivity contribution in [3.63, 3.8) is 0 Å². The minimum absolute atomic E-state index is 0.341. The number of nitrogens with zero attached hydrogens (tertiary/aromatic N) is 1. The van der Waals surface area contributed by atoms with E-state index in [2.05, 4.69) is 0 Å². The molecule has 4 heteroatoms. The van der Waals surface area contributed by atoms with E-state index < -0.39 is 5.97 Å². The number of carboxylic acids is 1. The number of aromatic nitrogens is 1. The highest BCUT2D eigenvalue weighted by Crippen LogP contribution is 2.39. The van der Waals surface area contributed by atoms with Crippen LogP contribution in [0, 0.1) is 13.8 Å². The van der Waals surface area contributed by atoms with Crippen LogP contribution in [0.5, 0.6) is 0 Å². The Bertz CT molecular complexity index is 924. The number of hydrogen-bond acceptors (Lipinski definition) is 1. The van der Waals surface area contributed by atoms with E-state index in [-0.39, 0.29) is 0 Å². The van der Waals surface area contributed by atoms with E-state index in [1.165, 1.54) is 0 Å². The molecule has 3 nitrogen and oxygen atoms in total. The highest BCUT2D eigenvalue weighted by Gasteiger charge is 2.25. The smallest absolute Gasteiger partial charge is 0.338 e. The van der Waals surface area contributed by atoms with Gasteiger partial charge in [-0.25, -0.2) is 4.79 Å². The lowest BCUT2D eigenvalue weighted by atomic mass is 9.96. The van der Waals surface area contributed by atoms with Gasteiger partial charge in [-0.1, -0.05) is 53.6 Å². The lowest BCUT2D eigenvalue weighted by Crippen LogP contribution is -2.00. The first kappa shape index (κ1) is 16.3. The molecule has 0 saturated heterocycles. The molecule has 122 valence electrons. The normalized spacial score (nSPS) is 10.8. The molecule has 3 aromatic rings. The molecule has 2 aromatic carbocycles. The third-order valence-electron chi connectivity index (χ3n) is 4.33. The molecule has 0 bridgehead atoms. The van der Waals surface area contributed by atoms with Crippen molar-refractivity contribution in [3.05, 3.63) is 70.4 Å². The molecule has 0 fully saturated rings. The largest absolute Gasteiger partial charge is 0.478 e. The molecule has 24 heavy (non-hydrogen) atoms. The van der Waals surface area contributed by atoms with E-state index in [9.17, 15) is 9.90 Å². The van der Waals surface area contributed by atoms with Gasteiger partial charge in [-0.3, -0.25) is 0 Å². The van der Waals surface area contributed by atoms with E-state index in [0.717, 1.165) is 33.6 Å². The Morgan fingerprint density at radius 1 is 1.04 bits per heavy atom. The molecule has 0 aliphatic carbocycles. The molecule has 1 aromatic heterocycles. The van der Waals surface area contributed by atoms with E-state index in [4.69, 9.17) is 11.6 Å². The molecule has 0 spiro atoms. The summed E-state index contributed by atoms with van der Waals surface area (Å²) in [4.78, 5) is 11.9. The van der Waals surface area contributed by atoms with Gasteiger partial charge in [0.15, 0.2) is 0 Å². The lowest BCUT2D eigenvalue weighted by molar-refractivity contribution is 0.0697. The zero-order valence-electron chi connectivity index (χ0n) is 13.8. The second-order valence-electron chi connectivity index (χ2n) is 5.92. The molecular formula is C20H18ClNO2. The fraction of sp³-hybridized carbons (Fsp3) is 0.150. The summed E-state index contributed by atoms with van der Waals surface area (Å²) in [5, 5.41) is 10.4. The van der Waals surface area contributed by atoms with Gasteiger partial charge in [-0.05, 0) is 37.1 Å². The van der Waals surface area contributed by atoms with E-state index in [1.807, 2.05) is 74.0 Å². The molecule has 1 N–H and O–H groups in total. The molecule has 0 atom stereocenters. The zero-order valence-corrected chi connectivity index (χ0v) is 14.6. The van der Waals surface area contributed by atoms with Crippen LogP contribution in [-0.2, 0) is 7.05 Å². The SMILES string of the molecule is Cc1cccc(-c2c(C(=O)O)c(C)n(C)c2-c2ccc(Cl)cc2)c1. The third-order valence-corrected chi connectivity index (χ3v) is 4.58. The molecule has 0 aliphatic rings. The Morgan fingerprint density at radius 2 is 1.71 bits per heavy atom. The van der Waals surface area contributed by atoms with Crippen LogP contribution < -0.4 is 0 Å². The molecule has 1 heterocycles. The van der Waals surface area contributed by atoms with Gasteiger partial charge >= 0.3 is 5.97 Å². The van der Waals surface area contributed by atoms with Crippen LogP contribution in [0.4, 0.5) is 0 Å². The van der Waals surface area contributed by atoms with Gasteiger partial charge in [-0.15, -0.1) is 0 Å². The standard InChI is InChI=1S/C20H18ClNO2/c1-12-5-4-6-15(11-12)18-17(20(23)24)13(2)22(3)19(18)14-7-9-16(21)10-8-14/h4-11H,1-3H3,(H,23,24). The summed E-state index contributed by atoms with van der Waals surface area (Å²) in [6, 6.07) is 15.4. The molecule has 0 radical (unpaired) electrons. The van der Waals surface area contributed by atoms with Crippen molar-refractivity contribution in [2.75, 3.05) is 0 Å². The van der Waals surface area contributed by atoms with Crippen molar-refractivity contribution in [1.82, 2.24) is 4.57 Å².